The van der Waals surface area contributed by atoms with Crippen LogP contribution >= 0.6 is 0 Å². The van der Waals surface area contributed by atoms with Gasteiger partial charge in [-0.3, -0.25) is 9.79 Å². The molecule has 4 nitrogen and oxygen atoms in total. The Balaban J connectivity index is 2.47. The first-order valence-electron chi connectivity index (χ1n) is 5.22. The lowest BCUT2D eigenvalue weighted by Crippen LogP contribution is -2.32. The quantitative estimate of drug-likeness (QED) is 0.624. The topological polar surface area (TPSA) is 47.9 Å². The van der Waals surface area contributed by atoms with Crippen molar-refractivity contribution in [2.45, 2.75) is 39.2 Å². The third-order valence-electron chi connectivity index (χ3n) is 2.17. The van der Waals surface area contributed by atoms with Crippen LogP contribution in [0.5, 0.6) is 0 Å². The van der Waals surface area contributed by atoms with Crippen LogP contribution in [0.4, 0.5) is 0 Å². The first-order chi connectivity index (χ1) is 6.92. The summed E-state index contributed by atoms with van der Waals surface area (Å²) in [7, 11) is 1.60. The van der Waals surface area contributed by atoms with E-state index in [1.54, 1.807) is 7.11 Å². The van der Waals surface area contributed by atoms with Crippen molar-refractivity contribution in [3.05, 3.63) is 0 Å². The molecule has 0 spiro atoms. The van der Waals surface area contributed by atoms with E-state index in [9.17, 15) is 4.79 Å². The molecule has 1 aliphatic heterocycles. The van der Waals surface area contributed by atoms with Crippen molar-refractivity contribution < 1.29 is 14.3 Å². The number of carbonyl (C=O) groups excluding carboxylic acids is 1. The number of nitrogens with zero attached hydrogens (tertiary/aromatic N) is 1. The minimum atomic E-state index is -0.414. The van der Waals surface area contributed by atoms with E-state index >= 15 is 0 Å². The van der Waals surface area contributed by atoms with Gasteiger partial charge in [0.25, 0.3) is 0 Å². The Hall–Kier alpha value is -1.06. The molecule has 0 N–H and O–H groups in total. The van der Waals surface area contributed by atoms with Crippen LogP contribution in [0.3, 0.4) is 0 Å². The molecule has 0 saturated carbocycles. The molecule has 1 rings (SSSR count). The van der Waals surface area contributed by atoms with Gasteiger partial charge in [0, 0.05) is 6.42 Å². The van der Waals surface area contributed by atoms with E-state index in [1.807, 2.05) is 20.8 Å². The fourth-order valence-electron chi connectivity index (χ4n) is 1.42. The molecule has 1 heterocycles. The van der Waals surface area contributed by atoms with Crippen molar-refractivity contribution in [1.29, 1.82) is 0 Å². The molecule has 0 saturated heterocycles. The average molecular weight is 213 g/mol. The van der Waals surface area contributed by atoms with Gasteiger partial charge in [0.05, 0.1) is 19.6 Å². The molecule has 4 heteroatoms. The first-order valence-corrected chi connectivity index (χ1v) is 5.22. The van der Waals surface area contributed by atoms with Gasteiger partial charge in [0.15, 0.2) is 5.90 Å². The minimum Gasteiger partial charge on any atom is -0.484 e. The number of rotatable bonds is 1. The van der Waals surface area contributed by atoms with E-state index in [1.165, 1.54) is 0 Å². The monoisotopic (exact) mass is 213 g/mol. The lowest BCUT2D eigenvalue weighted by molar-refractivity contribution is -0.159. The molecule has 1 aliphatic rings. The van der Waals surface area contributed by atoms with E-state index in [-0.39, 0.29) is 11.9 Å². The zero-order valence-electron chi connectivity index (χ0n) is 9.87. The summed E-state index contributed by atoms with van der Waals surface area (Å²) in [5.74, 6) is 0.472. The standard InChI is InChI=1S/C11H19NO3/c1-11(2,3)15-10(13)8-5-6-9(14-4)12-7-8/h8H,5-7H2,1-4H3. The molecule has 1 atom stereocenters. The van der Waals surface area contributed by atoms with Crippen LogP contribution in [-0.2, 0) is 14.3 Å². The molecule has 0 aromatic rings. The number of esters is 1. The van der Waals surface area contributed by atoms with Crippen LogP contribution in [0, 0.1) is 5.92 Å². The summed E-state index contributed by atoms with van der Waals surface area (Å²) in [6, 6.07) is 0. The summed E-state index contributed by atoms with van der Waals surface area (Å²) >= 11 is 0. The number of aliphatic imine (C=N–C) groups is 1. The lowest BCUT2D eigenvalue weighted by atomic mass is 10.0. The van der Waals surface area contributed by atoms with Crippen LogP contribution in [0.15, 0.2) is 4.99 Å². The molecule has 1 unspecified atom stereocenters. The van der Waals surface area contributed by atoms with Gasteiger partial charge in [-0.2, -0.15) is 0 Å². The highest BCUT2D eigenvalue weighted by Crippen LogP contribution is 2.19. The Bertz CT molecular complexity index is 265. The van der Waals surface area contributed by atoms with E-state index in [0.29, 0.717) is 6.54 Å². The van der Waals surface area contributed by atoms with Crippen LogP contribution in [0.2, 0.25) is 0 Å². The highest BCUT2D eigenvalue weighted by molar-refractivity contribution is 5.80. The van der Waals surface area contributed by atoms with E-state index in [0.717, 1.165) is 18.7 Å². The third kappa shape index (κ3) is 3.90. The fourth-order valence-corrected chi connectivity index (χ4v) is 1.42. The van der Waals surface area contributed by atoms with Gasteiger partial charge in [-0.25, -0.2) is 0 Å². The summed E-state index contributed by atoms with van der Waals surface area (Å²) in [5, 5.41) is 0. The van der Waals surface area contributed by atoms with Gasteiger partial charge in [-0.15, -0.1) is 0 Å². The third-order valence-corrected chi connectivity index (χ3v) is 2.17. The smallest absolute Gasteiger partial charge is 0.311 e. The number of ether oxygens (including phenoxy) is 2. The minimum absolute atomic E-state index is 0.108. The predicted octanol–water partition coefficient (Wildman–Crippen LogP) is 1.78. The number of hydrogen-bond donors (Lipinski definition) is 0. The maximum absolute atomic E-state index is 11.7. The van der Waals surface area contributed by atoms with Gasteiger partial charge in [-0.1, -0.05) is 0 Å². The molecule has 0 aromatic heterocycles. The molecule has 15 heavy (non-hydrogen) atoms. The van der Waals surface area contributed by atoms with Crippen molar-refractivity contribution >= 4 is 11.9 Å². The summed E-state index contributed by atoms with van der Waals surface area (Å²) in [5.41, 5.74) is -0.414. The Morgan fingerprint density at radius 3 is 2.53 bits per heavy atom. The Morgan fingerprint density at radius 1 is 1.47 bits per heavy atom. The molecule has 0 bridgehead atoms. The van der Waals surface area contributed by atoms with Gasteiger partial charge >= 0.3 is 5.97 Å². The normalized spacial score (nSPS) is 21.9. The van der Waals surface area contributed by atoms with Gasteiger partial charge in [-0.05, 0) is 27.2 Å². The van der Waals surface area contributed by atoms with E-state index in [2.05, 4.69) is 4.99 Å². The summed E-state index contributed by atoms with van der Waals surface area (Å²) in [4.78, 5) is 15.9. The van der Waals surface area contributed by atoms with Gasteiger partial charge in [0.2, 0.25) is 0 Å². The maximum Gasteiger partial charge on any atom is 0.311 e. The van der Waals surface area contributed by atoms with Crippen molar-refractivity contribution in [3.63, 3.8) is 0 Å². The molecule has 0 fully saturated rings. The van der Waals surface area contributed by atoms with Crippen molar-refractivity contribution in [1.82, 2.24) is 0 Å². The molecule has 0 radical (unpaired) electrons. The zero-order valence-corrected chi connectivity index (χ0v) is 9.87. The molecule has 0 aromatic carbocycles. The average Bonchev–Trinajstić information content (AvgIpc) is 2.15. The van der Waals surface area contributed by atoms with Crippen LogP contribution in [-0.4, -0.2) is 31.1 Å². The Kier molecular flexibility index (Phi) is 3.72. The van der Waals surface area contributed by atoms with Gasteiger partial charge in [0.1, 0.15) is 5.60 Å². The van der Waals surface area contributed by atoms with E-state index in [4.69, 9.17) is 9.47 Å². The van der Waals surface area contributed by atoms with Crippen molar-refractivity contribution in [2.75, 3.05) is 13.7 Å². The number of methoxy groups -OCH3 is 1. The van der Waals surface area contributed by atoms with Gasteiger partial charge < -0.3 is 9.47 Å². The van der Waals surface area contributed by atoms with Crippen molar-refractivity contribution in [2.24, 2.45) is 10.9 Å². The molecule has 0 aliphatic carbocycles. The predicted molar refractivity (Wildman–Crippen MR) is 57.9 cm³/mol. The van der Waals surface area contributed by atoms with Crippen LogP contribution < -0.4 is 0 Å². The summed E-state index contributed by atoms with van der Waals surface area (Å²) in [6.07, 6.45) is 1.49. The van der Waals surface area contributed by atoms with Crippen molar-refractivity contribution in [3.8, 4) is 0 Å². The maximum atomic E-state index is 11.7. The molecule has 0 amide bonds. The molecular weight excluding hydrogens is 194 g/mol. The van der Waals surface area contributed by atoms with E-state index < -0.39 is 5.60 Å². The van der Waals surface area contributed by atoms with Crippen LogP contribution in [0.25, 0.3) is 0 Å². The highest BCUT2D eigenvalue weighted by atomic mass is 16.6. The Labute approximate surface area is 90.7 Å². The number of hydrogen-bond acceptors (Lipinski definition) is 4. The second kappa shape index (κ2) is 4.64. The number of carbonyl (C=O) groups is 1. The highest BCUT2D eigenvalue weighted by Gasteiger charge is 2.27. The Morgan fingerprint density at radius 2 is 2.13 bits per heavy atom. The van der Waals surface area contributed by atoms with Crippen LogP contribution in [0.1, 0.15) is 33.6 Å². The lowest BCUT2D eigenvalue weighted by Gasteiger charge is -2.25. The summed E-state index contributed by atoms with van der Waals surface area (Å²) in [6.45, 7) is 6.10. The second-order valence-corrected chi connectivity index (χ2v) is 4.71. The summed E-state index contributed by atoms with van der Waals surface area (Å²) < 4.78 is 10.3. The molecule has 86 valence electrons. The largest absolute Gasteiger partial charge is 0.484 e. The first kappa shape index (κ1) is 12.0. The zero-order chi connectivity index (χ0) is 11.5. The molecular formula is C11H19NO3. The second-order valence-electron chi connectivity index (χ2n) is 4.71. The SMILES string of the molecule is COC1=NCC(C(=O)OC(C)(C)C)CC1. The fraction of sp³-hybridized carbons (Fsp3) is 0.818.